The first-order chi connectivity index (χ1) is 12.1. The first kappa shape index (κ1) is 17.0. The Kier molecular flexibility index (Phi) is 5.28. The van der Waals surface area contributed by atoms with Gasteiger partial charge >= 0.3 is 0 Å². The predicted molar refractivity (Wildman–Crippen MR) is 93.8 cm³/mol. The third kappa shape index (κ3) is 4.35. The van der Waals surface area contributed by atoms with Crippen LogP contribution in [0.15, 0.2) is 54.6 Å². The lowest BCUT2D eigenvalue weighted by Crippen LogP contribution is -2.51. The molecule has 0 atom stereocenters. The molecule has 1 N–H and O–H groups in total. The lowest BCUT2D eigenvalue weighted by molar-refractivity contribution is -0.130. The van der Waals surface area contributed by atoms with E-state index in [4.69, 9.17) is 0 Å². The number of para-hydroxylation sites is 1. The van der Waals surface area contributed by atoms with Gasteiger partial charge in [-0.1, -0.05) is 18.2 Å². The number of anilines is 1. The molecule has 0 radical (unpaired) electrons. The van der Waals surface area contributed by atoms with Crippen LogP contribution in [0.3, 0.4) is 0 Å². The van der Waals surface area contributed by atoms with Crippen LogP contribution in [0.25, 0.3) is 0 Å². The van der Waals surface area contributed by atoms with Crippen molar-refractivity contribution >= 4 is 17.5 Å². The summed E-state index contributed by atoms with van der Waals surface area (Å²) in [5, 5.41) is 3.10. The molecule has 0 aromatic heterocycles. The molecule has 130 valence electrons. The summed E-state index contributed by atoms with van der Waals surface area (Å²) in [5.41, 5.74) is 1.37. The minimum atomic E-state index is -0.363. The van der Waals surface area contributed by atoms with Crippen LogP contribution in [0.2, 0.25) is 0 Å². The summed E-state index contributed by atoms with van der Waals surface area (Å²) in [6.07, 6.45) is 0. The van der Waals surface area contributed by atoms with E-state index in [0.717, 1.165) is 5.69 Å². The summed E-state index contributed by atoms with van der Waals surface area (Å²) in [6.45, 7) is 2.20. The molecular formula is C19H20FN3O2. The molecule has 0 bridgehead atoms. The second-order valence-electron chi connectivity index (χ2n) is 5.90. The van der Waals surface area contributed by atoms with E-state index in [9.17, 15) is 14.0 Å². The van der Waals surface area contributed by atoms with E-state index in [1.54, 1.807) is 9.80 Å². The molecular weight excluding hydrogens is 321 g/mol. The molecule has 0 spiro atoms. The number of benzene rings is 2. The van der Waals surface area contributed by atoms with E-state index in [1.165, 1.54) is 24.3 Å². The first-order valence-electron chi connectivity index (χ1n) is 8.25. The fourth-order valence-corrected chi connectivity index (χ4v) is 2.78. The van der Waals surface area contributed by atoms with Crippen LogP contribution in [0.5, 0.6) is 0 Å². The molecule has 1 saturated heterocycles. The van der Waals surface area contributed by atoms with Crippen LogP contribution in [-0.2, 0) is 4.79 Å². The van der Waals surface area contributed by atoms with Crippen LogP contribution in [0.1, 0.15) is 10.4 Å². The van der Waals surface area contributed by atoms with Crippen molar-refractivity contribution in [3.05, 3.63) is 66.0 Å². The molecule has 0 aliphatic carbocycles. The quantitative estimate of drug-likeness (QED) is 0.928. The monoisotopic (exact) mass is 341 g/mol. The summed E-state index contributed by atoms with van der Waals surface area (Å²) in [5.74, 6) is -0.481. The molecule has 1 fully saturated rings. The van der Waals surface area contributed by atoms with Crippen molar-refractivity contribution in [2.75, 3.05) is 38.0 Å². The van der Waals surface area contributed by atoms with E-state index in [0.29, 0.717) is 31.7 Å². The summed E-state index contributed by atoms with van der Waals surface area (Å²) in [4.78, 5) is 28.1. The van der Waals surface area contributed by atoms with Gasteiger partial charge in [-0.3, -0.25) is 9.59 Å². The zero-order valence-electron chi connectivity index (χ0n) is 13.8. The van der Waals surface area contributed by atoms with Crippen LogP contribution >= 0.6 is 0 Å². The van der Waals surface area contributed by atoms with Gasteiger partial charge in [-0.25, -0.2) is 4.39 Å². The molecule has 3 rings (SSSR count). The summed E-state index contributed by atoms with van der Waals surface area (Å²) in [6, 6.07) is 15.1. The lowest BCUT2D eigenvalue weighted by Gasteiger charge is -2.35. The fraction of sp³-hybridized carbons (Fsp3) is 0.263. The van der Waals surface area contributed by atoms with Crippen molar-refractivity contribution < 1.29 is 14.0 Å². The van der Waals surface area contributed by atoms with Crippen molar-refractivity contribution in [1.29, 1.82) is 0 Å². The highest BCUT2D eigenvalue weighted by Gasteiger charge is 2.24. The van der Waals surface area contributed by atoms with Gasteiger partial charge in [0.2, 0.25) is 5.91 Å². The zero-order valence-corrected chi connectivity index (χ0v) is 13.8. The number of hydrogen-bond donors (Lipinski definition) is 1. The third-order valence-electron chi connectivity index (χ3n) is 4.23. The van der Waals surface area contributed by atoms with Crippen LogP contribution in [0, 0.1) is 5.82 Å². The van der Waals surface area contributed by atoms with Gasteiger partial charge in [-0.2, -0.15) is 0 Å². The molecule has 2 aromatic rings. The molecule has 1 aliphatic rings. The maximum atomic E-state index is 13.0. The minimum absolute atomic E-state index is 0.0118. The second kappa shape index (κ2) is 7.79. The van der Waals surface area contributed by atoms with E-state index in [2.05, 4.69) is 5.32 Å². The standard InChI is InChI=1S/C19H20FN3O2/c20-16-8-6-15(7-9-16)19(25)23-12-10-22(11-13-23)18(24)14-21-17-4-2-1-3-5-17/h1-9,21H,10-14H2. The Labute approximate surface area is 146 Å². The Morgan fingerprint density at radius 3 is 2.12 bits per heavy atom. The number of nitrogens with zero attached hydrogens (tertiary/aromatic N) is 2. The summed E-state index contributed by atoms with van der Waals surface area (Å²) >= 11 is 0. The van der Waals surface area contributed by atoms with Crippen molar-refractivity contribution in [2.45, 2.75) is 0 Å². The van der Waals surface area contributed by atoms with E-state index < -0.39 is 0 Å². The van der Waals surface area contributed by atoms with E-state index >= 15 is 0 Å². The smallest absolute Gasteiger partial charge is 0.253 e. The van der Waals surface area contributed by atoms with Crippen molar-refractivity contribution in [2.24, 2.45) is 0 Å². The normalized spacial score (nSPS) is 14.3. The number of piperazine rings is 1. The number of nitrogens with one attached hydrogen (secondary N) is 1. The SMILES string of the molecule is O=C(CNc1ccccc1)N1CCN(C(=O)c2ccc(F)cc2)CC1. The number of carbonyl (C=O) groups is 2. The largest absolute Gasteiger partial charge is 0.376 e. The zero-order chi connectivity index (χ0) is 17.6. The maximum absolute atomic E-state index is 13.0. The molecule has 6 heteroatoms. The Balaban J connectivity index is 1.48. The highest BCUT2D eigenvalue weighted by atomic mass is 19.1. The van der Waals surface area contributed by atoms with Gasteiger partial charge in [0.25, 0.3) is 5.91 Å². The molecule has 2 aromatic carbocycles. The van der Waals surface area contributed by atoms with Crippen LogP contribution in [0.4, 0.5) is 10.1 Å². The van der Waals surface area contributed by atoms with Gasteiger partial charge in [-0.05, 0) is 36.4 Å². The lowest BCUT2D eigenvalue weighted by atomic mass is 10.2. The second-order valence-corrected chi connectivity index (χ2v) is 5.90. The van der Waals surface area contributed by atoms with E-state index in [-0.39, 0.29) is 24.2 Å². The molecule has 2 amide bonds. The average Bonchev–Trinajstić information content (AvgIpc) is 2.67. The van der Waals surface area contributed by atoms with E-state index in [1.807, 2.05) is 30.3 Å². The topological polar surface area (TPSA) is 52.7 Å². The Morgan fingerprint density at radius 1 is 0.880 bits per heavy atom. The van der Waals surface area contributed by atoms with Crippen molar-refractivity contribution in [3.63, 3.8) is 0 Å². The average molecular weight is 341 g/mol. The molecule has 25 heavy (non-hydrogen) atoms. The fourth-order valence-electron chi connectivity index (χ4n) is 2.78. The number of rotatable bonds is 4. The van der Waals surface area contributed by atoms with Gasteiger partial charge in [0, 0.05) is 37.4 Å². The molecule has 5 nitrogen and oxygen atoms in total. The van der Waals surface area contributed by atoms with Crippen LogP contribution in [-0.4, -0.2) is 54.3 Å². The van der Waals surface area contributed by atoms with Gasteiger partial charge in [0.05, 0.1) is 6.54 Å². The first-order valence-corrected chi connectivity index (χ1v) is 8.25. The van der Waals surface area contributed by atoms with Crippen molar-refractivity contribution in [3.8, 4) is 0 Å². The van der Waals surface area contributed by atoms with Crippen LogP contribution < -0.4 is 5.32 Å². The summed E-state index contributed by atoms with van der Waals surface area (Å²) in [7, 11) is 0. The number of amides is 2. The third-order valence-corrected chi connectivity index (χ3v) is 4.23. The van der Waals surface area contributed by atoms with Gasteiger partial charge in [-0.15, -0.1) is 0 Å². The number of hydrogen-bond acceptors (Lipinski definition) is 3. The number of halogens is 1. The Morgan fingerprint density at radius 2 is 1.48 bits per heavy atom. The highest BCUT2D eigenvalue weighted by Crippen LogP contribution is 2.11. The molecule has 1 heterocycles. The predicted octanol–water partition coefficient (Wildman–Crippen LogP) is 2.22. The van der Waals surface area contributed by atoms with Gasteiger partial charge < -0.3 is 15.1 Å². The van der Waals surface area contributed by atoms with Crippen molar-refractivity contribution in [1.82, 2.24) is 9.80 Å². The highest BCUT2D eigenvalue weighted by molar-refractivity contribution is 5.94. The summed E-state index contributed by atoms with van der Waals surface area (Å²) < 4.78 is 13.0. The maximum Gasteiger partial charge on any atom is 0.253 e. The molecule has 0 unspecified atom stereocenters. The molecule has 0 saturated carbocycles. The number of carbonyl (C=O) groups excluding carboxylic acids is 2. The molecule has 1 aliphatic heterocycles. The minimum Gasteiger partial charge on any atom is -0.376 e. The van der Waals surface area contributed by atoms with Gasteiger partial charge in [0.1, 0.15) is 5.82 Å². The Bertz CT molecular complexity index is 726. The Hall–Kier alpha value is -2.89. The van der Waals surface area contributed by atoms with Gasteiger partial charge in [0.15, 0.2) is 0 Å².